The normalized spacial score (nSPS) is 25.7. The van der Waals surface area contributed by atoms with Crippen LogP contribution in [0.4, 0.5) is 4.39 Å². The van der Waals surface area contributed by atoms with Gasteiger partial charge in [0.15, 0.2) is 0 Å². The molecule has 0 N–H and O–H groups in total. The Kier molecular flexibility index (Phi) is 2.03. The zero-order valence-corrected chi connectivity index (χ0v) is 5.80. The molecule has 0 saturated carbocycles. The molecule has 3 heteroatoms. The fourth-order valence-corrected chi connectivity index (χ4v) is 0.901. The summed E-state index contributed by atoms with van der Waals surface area (Å²) in [6, 6.07) is 0. The molecule has 0 aromatic rings. The first-order valence-corrected chi connectivity index (χ1v) is 3.15. The van der Waals surface area contributed by atoms with Crippen LogP contribution in [0.5, 0.6) is 0 Å². The third kappa shape index (κ3) is 1.40. The summed E-state index contributed by atoms with van der Waals surface area (Å²) in [6.07, 6.45) is -0.542. The summed E-state index contributed by atoms with van der Waals surface area (Å²) in [5, 5.41) is 0. The van der Waals surface area contributed by atoms with Crippen LogP contribution in [0.25, 0.3) is 0 Å². The average Bonchev–Trinajstić information content (AvgIpc) is 1.79. The molecule has 0 aliphatic carbocycles. The number of rotatable bonds is 2. The Labute approximate surface area is 54.6 Å². The number of halogens is 1. The van der Waals surface area contributed by atoms with Crippen molar-refractivity contribution in [2.75, 3.05) is 20.2 Å². The van der Waals surface area contributed by atoms with Crippen molar-refractivity contribution in [3.8, 4) is 0 Å². The van der Waals surface area contributed by atoms with E-state index in [9.17, 15) is 4.39 Å². The number of nitrogens with zero attached hydrogens (tertiary/aromatic N) is 1. The third-order valence-electron chi connectivity index (χ3n) is 1.72. The summed E-state index contributed by atoms with van der Waals surface area (Å²) in [6.45, 7) is 3.00. The largest absolute Gasteiger partial charge is 0.367 e. The van der Waals surface area contributed by atoms with Crippen molar-refractivity contribution >= 4 is 0 Å². The molecule has 1 rings (SSSR count). The standard InChI is InChI=1S/C6H12FNO/c1-5(9-2)8-3-6(7)4-8/h5-6H,3-4H2,1-2H3. The van der Waals surface area contributed by atoms with Gasteiger partial charge in [-0.25, -0.2) is 4.39 Å². The fourth-order valence-electron chi connectivity index (χ4n) is 0.901. The second-order valence-electron chi connectivity index (χ2n) is 2.39. The number of likely N-dealkylation sites (tertiary alicyclic amines) is 1. The van der Waals surface area contributed by atoms with E-state index >= 15 is 0 Å². The smallest absolute Gasteiger partial charge is 0.126 e. The second kappa shape index (κ2) is 2.62. The van der Waals surface area contributed by atoms with E-state index in [2.05, 4.69) is 0 Å². The minimum absolute atomic E-state index is 0.0806. The highest BCUT2D eigenvalue weighted by Gasteiger charge is 2.29. The highest BCUT2D eigenvalue weighted by molar-refractivity contribution is 4.79. The molecule has 0 spiro atoms. The van der Waals surface area contributed by atoms with E-state index in [1.807, 2.05) is 11.8 Å². The molecule has 1 aliphatic heterocycles. The minimum Gasteiger partial charge on any atom is -0.367 e. The first-order chi connectivity index (χ1) is 4.24. The van der Waals surface area contributed by atoms with Crippen molar-refractivity contribution in [2.24, 2.45) is 0 Å². The second-order valence-corrected chi connectivity index (χ2v) is 2.39. The predicted molar refractivity (Wildman–Crippen MR) is 32.9 cm³/mol. The topological polar surface area (TPSA) is 12.5 Å². The molecular weight excluding hydrogens is 121 g/mol. The van der Waals surface area contributed by atoms with Gasteiger partial charge in [0.1, 0.15) is 12.4 Å². The highest BCUT2D eigenvalue weighted by atomic mass is 19.1. The van der Waals surface area contributed by atoms with Crippen molar-refractivity contribution in [3.63, 3.8) is 0 Å². The summed E-state index contributed by atoms with van der Waals surface area (Å²) in [4.78, 5) is 1.95. The van der Waals surface area contributed by atoms with Crippen molar-refractivity contribution < 1.29 is 9.13 Å². The van der Waals surface area contributed by atoms with Gasteiger partial charge >= 0.3 is 0 Å². The van der Waals surface area contributed by atoms with Gasteiger partial charge in [-0.15, -0.1) is 0 Å². The molecule has 0 bridgehead atoms. The molecule has 1 atom stereocenters. The molecule has 1 saturated heterocycles. The molecule has 2 nitrogen and oxygen atoms in total. The third-order valence-corrected chi connectivity index (χ3v) is 1.72. The van der Waals surface area contributed by atoms with Crippen LogP contribution in [0.1, 0.15) is 6.92 Å². The number of hydrogen-bond donors (Lipinski definition) is 0. The van der Waals surface area contributed by atoms with Crippen LogP contribution in [-0.2, 0) is 4.74 Å². The molecule has 0 radical (unpaired) electrons. The number of methoxy groups -OCH3 is 1. The molecule has 0 amide bonds. The zero-order chi connectivity index (χ0) is 6.85. The van der Waals surface area contributed by atoms with Gasteiger partial charge in [-0.1, -0.05) is 0 Å². The van der Waals surface area contributed by atoms with Gasteiger partial charge in [-0.2, -0.15) is 0 Å². The maximum absolute atomic E-state index is 12.2. The molecular formula is C6H12FNO. The lowest BCUT2D eigenvalue weighted by Crippen LogP contribution is -2.53. The van der Waals surface area contributed by atoms with Gasteiger partial charge in [-0.3, -0.25) is 4.90 Å². The lowest BCUT2D eigenvalue weighted by molar-refractivity contribution is -0.0838. The Morgan fingerprint density at radius 1 is 1.67 bits per heavy atom. The van der Waals surface area contributed by atoms with Crippen LogP contribution in [0.2, 0.25) is 0 Å². The van der Waals surface area contributed by atoms with Crippen LogP contribution in [0.15, 0.2) is 0 Å². The molecule has 1 heterocycles. The molecule has 1 unspecified atom stereocenters. The van der Waals surface area contributed by atoms with E-state index in [0.717, 1.165) is 0 Å². The molecule has 0 aromatic carbocycles. The van der Waals surface area contributed by atoms with Gasteiger partial charge < -0.3 is 4.74 Å². The molecule has 9 heavy (non-hydrogen) atoms. The summed E-state index contributed by atoms with van der Waals surface area (Å²) >= 11 is 0. The first-order valence-electron chi connectivity index (χ1n) is 3.15. The van der Waals surface area contributed by atoms with Crippen molar-refractivity contribution in [3.05, 3.63) is 0 Å². The fraction of sp³-hybridized carbons (Fsp3) is 1.00. The Balaban J connectivity index is 2.15. The molecule has 1 aliphatic rings. The maximum atomic E-state index is 12.2. The zero-order valence-electron chi connectivity index (χ0n) is 5.80. The van der Waals surface area contributed by atoms with Crippen molar-refractivity contribution in [2.45, 2.75) is 19.3 Å². The Morgan fingerprint density at radius 3 is 2.56 bits per heavy atom. The van der Waals surface area contributed by atoms with E-state index in [4.69, 9.17) is 4.74 Å². The Hall–Kier alpha value is -0.150. The number of hydrogen-bond acceptors (Lipinski definition) is 2. The Bertz CT molecular complexity index is 93.1. The minimum atomic E-state index is -0.623. The lowest BCUT2D eigenvalue weighted by atomic mass is 10.2. The van der Waals surface area contributed by atoms with E-state index < -0.39 is 6.17 Å². The maximum Gasteiger partial charge on any atom is 0.126 e. The van der Waals surface area contributed by atoms with Crippen LogP contribution in [0.3, 0.4) is 0 Å². The summed E-state index contributed by atoms with van der Waals surface area (Å²) in [5.41, 5.74) is 0. The van der Waals surface area contributed by atoms with Crippen LogP contribution in [-0.4, -0.2) is 37.5 Å². The van der Waals surface area contributed by atoms with Crippen LogP contribution >= 0.6 is 0 Å². The van der Waals surface area contributed by atoms with E-state index in [1.165, 1.54) is 0 Å². The van der Waals surface area contributed by atoms with Crippen LogP contribution < -0.4 is 0 Å². The monoisotopic (exact) mass is 133 g/mol. The van der Waals surface area contributed by atoms with Crippen molar-refractivity contribution in [1.29, 1.82) is 0 Å². The van der Waals surface area contributed by atoms with Gasteiger partial charge in [0.05, 0.1) is 0 Å². The van der Waals surface area contributed by atoms with Crippen LogP contribution in [0, 0.1) is 0 Å². The summed E-state index contributed by atoms with van der Waals surface area (Å²) in [7, 11) is 1.64. The van der Waals surface area contributed by atoms with Gasteiger partial charge in [0.25, 0.3) is 0 Å². The van der Waals surface area contributed by atoms with Gasteiger partial charge in [0, 0.05) is 20.2 Å². The molecule has 1 fully saturated rings. The van der Waals surface area contributed by atoms with E-state index in [1.54, 1.807) is 7.11 Å². The summed E-state index contributed by atoms with van der Waals surface area (Å²) < 4.78 is 17.1. The predicted octanol–water partition coefficient (Wildman–Crippen LogP) is 0.632. The lowest BCUT2D eigenvalue weighted by Gasteiger charge is -2.37. The summed E-state index contributed by atoms with van der Waals surface area (Å²) in [5.74, 6) is 0. The van der Waals surface area contributed by atoms with Gasteiger partial charge in [-0.05, 0) is 6.92 Å². The Morgan fingerprint density at radius 2 is 2.22 bits per heavy atom. The average molecular weight is 133 g/mol. The van der Waals surface area contributed by atoms with Crippen molar-refractivity contribution in [1.82, 2.24) is 4.90 Å². The molecule has 54 valence electrons. The SMILES string of the molecule is COC(C)N1CC(F)C1. The quantitative estimate of drug-likeness (QED) is 0.548. The van der Waals surface area contributed by atoms with E-state index in [0.29, 0.717) is 13.1 Å². The number of ether oxygens (including phenoxy) is 1. The first kappa shape index (κ1) is 6.96. The highest BCUT2D eigenvalue weighted by Crippen LogP contribution is 2.14. The molecule has 0 aromatic heterocycles. The number of alkyl halides is 1. The van der Waals surface area contributed by atoms with E-state index in [-0.39, 0.29) is 6.23 Å². The van der Waals surface area contributed by atoms with Gasteiger partial charge in [0.2, 0.25) is 0 Å².